The Kier molecular flexibility index (Phi) is 10.7. The van der Waals surface area contributed by atoms with E-state index >= 15 is 4.39 Å². The highest BCUT2D eigenvalue weighted by Crippen LogP contribution is 2.44. The van der Waals surface area contributed by atoms with E-state index in [1.165, 1.54) is 37.8 Å². The maximum Gasteiger partial charge on any atom is 0.427 e. The van der Waals surface area contributed by atoms with Gasteiger partial charge in [0.1, 0.15) is 17.3 Å². The molecule has 1 fully saturated rings. The van der Waals surface area contributed by atoms with Crippen LogP contribution in [0.15, 0.2) is 34.0 Å². The number of anilines is 2. The molecule has 3 aromatic rings. The van der Waals surface area contributed by atoms with E-state index in [-0.39, 0.29) is 42.6 Å². The fourth-order valence-electron chi connectivity index (χ4n) is 3.77. The molecule has 2 N–H and O–H groups in total. The number of hydrogen-bond acceptors (Lipinski definition) is 14. The lowest BCUT2D eigenvalue weighted by atomic mass is 10.1. The maximum atomic E-state index is 15.9. The Morgan fingerprint density at radius 3 is 2.10 bits per heavy atom. The lowest BCUT2D eigenvalue weighted by Gasteiger charge is -2.27. The zero-order valence-electron chi connectivity index (χ0n) is 27.1. The molecule has 0 aliphatic carbocycles. The van der Waals surface area contributed by atoms with Gasteiger partial charge in [0, 0.05) is 25.0 Å². The number of benzene rings is 1. The van der Waals surface area contributed by atoms with Crippen molar-refractivity contribution >= 4 is 79.5 Å². The van der Waals surface area contributed by atoms with Crippen LogP contribution in [0.4, 0.5) is 29.9 Å². The predicted molar refractivity (Wildman–Crippen MR) is 180 cm³/mol. The molecule has 2 aromatic heterocycles. The molecule has 256 valence electrons. The number of nitrogen functional groups attached to an aromatic ring is 1. The van der Waals surface area contributed by atoms with Crippen LogP contribution in [0.1, 0.15) is 65.7 Å². The van der Waals surface area contributed by atoms with Crippen molar-refractivity contribution in [1.82, 2.24) is 19.9 Å². The zero-order chi connectivity index (χ0) is 35.7. The van der Waals surface area contributed by atoms with E-state index in [4.69, 9.17) is 24.7 Å². The Morgan fingerprint density at radius 2 is 1.62 bits per heavy atom. The third-order valence-corrected chi connectivity index (χ3v) is 8.39. The molecule has 0 saturated carbocycles. The molecule has 3 heterocycles. The average molecular weight is 768 g/mol. The van der Waals surface area contributed by atoms with Crippen LogP contribution in [-0.4, -0.2) is 61.4 Å². The second kappa shape index (κ2) is 14.1. The summed E-state index contributed by atoms with van der Waals surface area (Å²) in [5, 5.41) is -0.111. The molecular weight excluding hydrogens is 735 g/mol. The van der Waals surface area contributed by atoms with Gasteiger partial charge in [-0.2, -0.15) is 0 Å². The number of likely N-dealkylation sites (N-methyl/N-ethyl adjacent to an activating group) is 1. The molecule has 0 bridgehead atoms. The topological polar surface area (TPSA) is 176 Å². The summed E-state index contributed by atoms with van der Waals surface area (Å²) < 4.78 is 38.5. The summed E-state index contributed by atoms with van der Waals surface area (Å²) in [6.07, 6.45) is 2.35. The zero-order valence-corrected chi connectivity index (χ0v) is 30.3. The molecule has 18 heteroatoms. The van der Waals surface area contributed by atoms with Crippen LogP contribution in [-0.2, 0) is 14.3 Å². The van der Waals surface area contributed by atoms with Crippen molar-refractivity contribution < 1.29 is 42.5 Å². The van der Waals surface area contributed by atoms with Crippen LogP contribution in [0.25, 0.3) is 6.08 Å². The summed E-state index contributed by atoms with van der Waals surface area (Å²) in [4.78, 5) is 64.5. The number of aromatic nitrogens is 3. The SMILES string of the molecule is CC(Oc1cc(/C=C2\SC(=O)N(C)C2=O)c(Br)c(F)c1Oc1cnc(N)s1)c1cnc(N(C(=O)OC(C)(C)C)C(=O)OC(C)(C)C)nc1. The minimum Gasteiger partial charge on any atom is -0.482 e. The smallest absolute Gasteiger partial charge is 0.427 e. The van der Waals surface area contributed by atoms with E-state index < -0.39 is 46.5 Å². The molecule has 48 heavy (non-hydrogen) atoms. The number of hydrogen-bond donors (Lipinski definition) is 1. The van der Waals surface area contributed by atoms with Crippen molar-refractivity contribution in [3.63, 3.8) is 0 Å². The van der Waals surface area contributed by atoms with Crippen molar-refractivity contribution in [3.05, 3.63) is 51.0 Å². The van der Waals surface area contributed by atoms with Gasteiger partial charge >= 0.3 is 12.2 Å². The summed E-state index contributed by atoms with van der Waals surface area (Å²) in [5.41, 5.74) is 4.39. The Morgan fingerprint density at radius 1 is 1.04 bits per heavy atom. The van der Waals surface area contributed by atoms with Crippen LogP contribution >= 0.6 is 39.0 Å². The molecule has 1 aliphatic heterocycles. The van der Waals surface area contributed by atoms with Crippen molar-refractivity contribution in [1.29, 1.82) is 0 Å². The van der Waals surface area contributed by atoms with Crippen LogP contribution < -0.4 is 20.1 Å². The van der Waals surface area contributed by atoms with Crippen molar-refractivity contribution in [2.24, 2.45) is 0 Å². The number of nitrogens with zero attached hydrogens (tertiary/aromatic N) is 5. The number of rotatable bonds is 7. The third kappa shape index (κ3) is 8.78. The van der Waals surface area contributed by atoms with Crippen LogP contribution in [0, 0.1) is 5.82 Å². The fraction of sp³-hybridized carbons (Fsp3) is 0.367. The molecular formula is C30H32BrFN6O8S2. The first-order valence-electron chi connectivity index (χ1n) is 14.1. The lowest BCUT2D eigenvalue weighted by molar-refractivity contribution is -0.121. The molecule has 4 rings (SSSR count). The van der Waals surface area contributed by atoms with Gasteiger partial charge in [0.2, 0.25) is 16.8 Å². The van der Waals surface area contributed by atoms with Gasteiger partial charge in [-0.15, -0.1) is 4.90 Å². The monoisotopic (exact) mass is 766 g/mol. The van der Waals surface area contributed by atoms with Crippen LogP contribution in [0.3, 0.4) is 0 Å². The molecule has 1 atom stereocenters. The standard InChI is InChI=1S/C30H32BrFN6O8S2/c1-14(16-11-35-25(36-12-16)38(26(40)45-29(2,3)4)27(41)46-30(5,6)7)43-17-9-15(10-18-23(39)37(8)28(42)47-18)20(31)21(32)22(17)44-19-13-34-24(33)48-19/h9-14H,1-8H3,(H2,33,34)/b18-10-. The van der Waals surface area contributed by atoms with Crippen molar-refractivity contribution in [3.8, 4) is 16.6 Å². The van der Waals surface area contributed by atoms with E-state index in [0.29, 0.717) is 22.2 Å². The maximum absolute atomic E-state index is 15.9. The van der Waals surface area contributed by atoms with Gasteiger partial charge in [0.15, 0.2) is 16.7 Å². The third-order valence-electron chi connectivity index (χ3n) is 5.92. The molecule has 0 spiro atoms. The van der Waals surface area contributed by atoms with Gasteiger partial charge in [0.25, 0.3) is 11.1 Å². The van der Waals surface area contributed by atoms with E-state index in [9.17, 15) is 19.2 Å². The number of thiazole rings is 1. The number of imide groups is 2. The fourth-order valence-corrected chi connectivity index (χ4v) is 5.54. The summed E-state index contributed by atoms with van der Waals surface area (Å²) >= 11 is 4.90. The highest BCUT2D eigenvalue weighted by atomic mass is 79.9. The highest BCUT2D eigenvalue weighted by Gasteiger charge is 2.35. The van der Waals surface area contributed by atoms with E-state index in [1.807, 2.05) is 0 Å². The highest BCUT2D eigenvalue weighted by molar-refractivity contribution is 9.10. The number of amides is 4. The van der Waals surface area contributed by atoms with Gasteiger partial charge in [0.05, 0.1) is 15.6 Å². The van der Waals surface area contributed by atoms with Crippen LogP contribution in [0.5, 0.6) is 16.6 Å². The minimum absolute atomic E-state index is 0.0602. The molecule has 1 aliphatic rings. The Bertz CT molecular complexity index is 1760. The van der Waals surface area contributed by atoms with E-state index in [0.717, 1.165) is 16.2 Å². The Balaban J connectivity index is 1.69. The molecule has 0 radical (unpaired) electrons. The minimum atomic E-state index is -1.04. The number of carbonyl (C=O) groups excluding carboxylic acids is 4. The first kappa shape index (κ1) is 36.5. The second-order valence-corrected chi connectivity index (χ2v) is 15.0. The summed E-state index contributed by atoms with van der Waals surface area (Å²) in [6.45, 7) is 11.4. The first-order valence-corrected chi connectivity index (χ1v) is 16.5. The van der Waals surface area contributed by atoms with Gasteiger partial charge in [-0.1, -0.05) is 11.3 Å². The summed E-state index contributed by atoms with van der Waals surface area (Å²) in [6, 6.07) is 1.43. The van der Waals surface area contributed by atoms with Gasteiger partial charge in [-0.05, 0) is 93.9 Å². The van der Waals surface area contributed by atoms with Crippen molar-refractivity contribution in [2.75, 3.05) is 17.7 Å². The number of ether oxygens (including phenoxy) is 4. The van der Waals surface area contributed by atoms with Crippen molar-refractivity contribution in [2.45, 2.75) is 65.8 Å². The largest absolute Gasteiger partial charge is 0.482 e. The molecule has 14 nitrogen and oxygen atoms in total. The summed E-state index contributed by atoms with van der Waals surface area (Å²) in [7, 11) is 1.34. The number of carbonyl (C=O) groups is 4. The van der Waals surface area contributed by atoms with Gasteiger partial charge in [-0.25, -0.2) is 28.9 Å². The average Bonchev–Trinajstić information content (AvgIpc) is 3.49. The van der Waals surface area contributed by atoms with E-state index in [1.54, 1.807) is 48.5 Å². The predicted octanol–water partition coefficient (Wildman–Crippen LogP) is 7.69. The molecule has 1 unspecified atom stereocenters. The quantitative estimate of drug-likeness (QED) is 0.232. The molecule has 1 saturated heterocycles. The van der Waals surface area contributed by atoms with Gasteiger partial charge in [-0.3, -0.25) is 14.5 Å². The number of thioether (sulfide) groups is 1. The molecule has 1 aromatic carbocycles. The number of halogens is 2. The van der Waals surface area contributed by atoms with E-state index in [2.05, 4.69) is 30.9 Å². The van der Waals surface area contributed by atoms with Gasteiger partial charge < -0.3 is 24.7 Å². The number of nitrogens with two attached hydrogens (primary N) is 1. The second-order valence-electron chi connectivity index (χ2n) is 12.2. The normalized spacial score (nSPS) is 15.0. The molecule has 4 amide bonds. The Hall–Kier alpha value is -4.29. The lowest BCUT2D eigenvalue weighted by Crippen LogP contribution is -2.44. The Labute approximate surface area is 291 Å². The summed E-state index contributed by atoms with van der Waals surface area (Å²) in [5.74, 6) is -2.14. The van der Waals surface area contributed by atoms with Crippen LogP contribution in [0.2, 0.25) is 0 Å². The first-order chi connectivity index (χ1) is 22.2.